The number of carbonyl (C=O) groups excluding carboxylic acids is 2. The molecule has 0 radical (unpaired) electrons. The van der Waals surface area contributed by atoms with E-state index >= 15 is 0 Å². The van der Waals surface area contributed by atoms with Crippen LogP contribution >= 0.6 is 0 Å². The molecule has 0 saturated heterocycles. The average Bonchev–Trinajstić information content (AvgIpc) is 2.62. The van der Waals surface area contributed by atoms with E-state index in [-0.39, 0.29) is 29.0 Å². The quantitative estimate of drug-likeness (QED) is 0.671. The van der Waals surface area contributed by atoms with Crippen LogP contribution in [-0.4, -0.2) is 30.0 Å². The van der Waals surface area contributed by atoms with Crippen molar-refractivity contribution in [2.45, 2.75) is 27.2 Å². The van der Waals surface area contributed by atoms with Gasteiger partial charge in [0.25, 0.3) is 5.91 Å². The third-order valence-corrected chi connectivity index (χ3v) is 4.05. The molecule has 0 unspecified atom stereocenters. The molecule has 2 rings (SSSR count). The third-order valence-electron chi connectivity index (χ3n) is 4.05. The van der Waals surface area contributed by atoms with E-state index in [2.05, 4.69) is 10.6 Å². The Hall–Kier alpha value is -3.35. The molecule has 0 heterocycles. The summed E-state index contributed by atoms with van der Waals surface area (Å²) in [5.74, 6) is -1.01. The highest BCUT2D eigenvalue weighted by atomic mass is 16.5. The number of benzene rings is 2. The van der Waals surface area contributed by atoms with Gasteiger partial charge in [-0.15, -0.1) is 0 Å². The summed E-state index contributed by atoms with van der Waals surface area (Å²) in [5.41, 5.74) is 2.25. The summed E-state index contributed by atoms with van der Waals surface area (Å²) in [5, 5.41) is 14.6. The zero-order chi connectivity index (χ0) is 20.8. The number of aryl methyl sites for hydroxylation is 1. The molecule has 28 heavy (non-hydrogen) atoms. The maximum absolute atomic E-state index is 12.6. The lowest BCUT2D eigenvalue weighted by Gasteiger charge is -2.13. The number of carbonyl (C=O) groups is 3. The van der Waals surface area contributed by atoms with E-state index in [1.54, 1.807) is 18.2 Å². The molecule has 0 aliphatic heterocycles. The predicted molar refractivity (Wildman–Crippen MR) is 107 cm³/mol. The summed E-state index contributed by atoms with van der Waals surface area (Å²) < 4.78 is 5.17. The highest BCUT2D eigenvalue weighted by Crippen LogP contribution is 2.27. The highest BCUT2D eigenvalue weighted by Gasteiger charge is 2.14. The molecule has 0 saturated carbocycles. The number of hydrogen-bond acceptors (Lipinski definition) is 4. The van der Waals surface area contributed by atoms with E-state index in [4.69, 9.17) is 9.84 Å². The smallest absolute Gasteiger partial charge is 0.335 e. The fourth-order valence-electron chi connectivity index (χ4n) is 2.64. The van der Waals surface area contributed by atoms with E-state index in [0.717, 1.165) is 5.56 Å². The van der Waals surface area contributed by atoms with Crippen LogP contribution in [0.25, 0.3) is 0 Å². The number of ether oxygens (including phenoxy) is 1. The molecule has 3 N–H and O–H groups in total. The van der Waals surface area contributed by atoms with Crippen molar-refractivity contribution in [2.75, 3.05) is 17.7 Å². The van der Waals surface area contributed by atoms with Gasteiger partial charge >= 0.3 is 5.97 Å². The second kappa shape index (κ2) is 9.03. The molecule has 0 atom stereocenters. The van der Waals surface area contributed by atoms with Crippen LogP contribution in [0.4, 0.5) is 11.4 Å². The van der Waals surface area contributed by atoms with Gasteiger partial charge in [0, 0.05) is 17.7 Å². The van der Waals surface area contributed by atoms with Crippen molar-refractivity contribution in [2.24, 2.45) is 5.92 Å². The lowest BCUT2D eigenvalue weighted by molar-refractivity contribution is -0.116. The number of hydrogen-bond donors (Lipinski definition) is 3. The van der Waals surface area contributed by atoms with Crippen molar-refractivity contribution in [3.63, 3.8) is 0 Å². The van der Waals surface area contributed by atoms with Crippen molar-refractivity contribution in [3.05, 3.63) is 53.1 Å². The fourth-order valence-corrected chi connectivity index (χ4v) is 2.64. The van der Waals surface area contributed by atoms with Gasteiger partial charge in [0.15, 0.2) is 0 Å². The summed E-state index contributed by atoms with van der Waals surface area (Å²) in [7, 11) is 1.40. The van der Waals surface area contributed by atoms with Crippen LogP contribution in [0.15, 0.2) is 36.4 Å². The molecule has 0 spiro atoms. The van der Waals surface area contributed by atoms with Crippen LogP contribution in [0, 0.1) is 12.8 Å². The molecular formula is C21H24N2O5. The van der Waals surface area contributed by atoms with Gasteiger partial charge in [0.2, 0.25) is 5.91 Å². The van der Waals surface area contributed by atoms with Gasteiger partial charge in [-0.1, -0.05) is 13.8 Å². The first-order chi connectivity index (χ1) is 13.2. The lowest BCUT2D eigenvalue weighted by atomic mass is 10.1. The van der Waals surface area contributed by atoms with Gasteiger partial charge in [0.05, 0.1) is 18.4 Å². The first-order valence-electron chi connectivity index (χ1n) is 8.84. The minimum absolute atomic E-state index is 0.0622. The normalized spacial score (nSPS) is 10.5. The second-order valence-electron chi connectivity index (χ2n) is 6.85. The van der Waals surface area contributed by atoms with Crippen LogP contribution in [0.5, 0.6) is 5.75 Å². The number of amides is 2. The topological polar surface area (TPSA) is 105 Å². The third kappa shape index (κ3) is 5.33. The van der Waals surface area contributed by atoms with E-state index < -0.39 is 5.97 Å². The number of aromatic carboxylic acids is 1. The van der Waals surface area contributed by atoms with Crippen LogP contribution in [0.2, 0.25) is 0 Å². The molecule has 7 heteroatoms. The monoisotopic (exact) mass is 384 g/mol. The number of carboxylic acid groups (broad SMARTS) is 1. The van der Waals surface area contributed by atoms with E-state index in [0.29, 0.717) is 23.4 Å². The second-order valence-corrected chi connectivity index (χ2v) is 6.85. The summed E-state index contributed by atoms with van der Waals surface area (Å²) in [6.07, 6.45) is 0.424. The van der Waals surface area contributed by atoms with Crippen molar-refractivity contribution in [1.29, 1.82) is 0 Å². The van der Waals surface area contributed by atoms with Gasteiger partial charge < -0.3 is 20.5 Å². The van der Waals surface area contributed by atoms with E-state index in [1.807, 2.05) is 20.8 Å². The Balaban J connectivity index is 2.16. The highest BCUT2D eigenvalue weighted by molar-refractivity contribution is 6.06. The Morgan fingerprint density at radius 3 is 2.21 bits per heavy atom. The number of rotatable bonds is 7. The maximum Gasteiger partial charge on any atom is 0.335 e. The molecule has 2 amide bonds. The van der Waals surface area contributed by atoms with Crippen LogP contribution < -0.4 is 15.4 Å². The summed E-state index contributed by atoms with van der Waals surface area (Å²) in [6, 6.07) is 9.19. The Morgan fingerprint density at radius 1 is 1.00 bits per heavy atom. The number of anilines is 2. The number of methoxy groups -OCH3 is 1. The summed E-state index contributed by atoms with van der Waals surface area (Å²) in [4.78, 5) is 35.6. The Labute approximate surface area is 163 Å². The lowest BCUT2D eigenvalue weighted by Crippen LogP contribution is -2.16. The molecular weight excluding hydrogens is 360 g/mol. The molecule has 0 aromatic heterocycles. The molecule has 2 aromatic rings. The van der Waals surface area contributed by atoms with Gasteiger partial charge in [-0.3, -0.25) is 9.59 Å². The maximum atomic E-state index is 12.6. The zero-order valence-electron chi connectivity index (χ0n) is 16.3. The van der Waals surface area contributed by atoms with Gasteiger partial charge in [-0.05, 0) is 54.8 Å². The first kappa shape index (κ1) is 21.0. The molecule has 7 nitrogen and oxygen atoms in total. The van der Waals surface area contributed by atoms with E-state index in [9.17, 15) is 14.4 Å². The SMILES string of the molecule is COc1cc(C(=O)O)ccc1NC(=O)c1ccc(NC(=O)CC(C)C)c(C)c1. The Morgan fingerprint density at radius 2 is 1.64 bits per heavy atom. The molecule has 148 valence electrons. The van der Waals surface area contributed by atoms with Crippen molar-refractivity contribution >= 4 is 29.2 Å². The predicted octanol–water partition coefficient (Wildman–Crippen LogP) is 3.94. The van der Waals surface area contributed by atoms with Gasteiger partial charge in [-0.25, -0.2) is 4.79 Å². The molecule has 0 aliphatic rings. The Bertz CT molecular complexity index is 906. The number of carboxylic acids is 1. The van der Waals surface area contributed by atoms with Crippen molar-refractivity contribution < 1.29 is 24.2 Å². The van der Waals surface area contributed by atoms with Crippen molar-refractivity contribution in [3.8, 4) is 5.75 Å². The van der Waals surface area contributed by atoms with Gasteiger partial charge in [0.1, 0.15) is 5.75 Å². The largest absolute Gasteiger partial charge is 0.495 e. The molecule has 0 aliphatic carbocycles. The Kier molecular flexibility index (Phi) is 6.76. The molecule has 0 bridgehead atoms. The molecule has 2 aromatic carbocycles. The van der Waals surface area contributed by atoms with Crippen LogP contribution in [-0.2, 0) is 4.79 Å². The summed E-state index contributed by atoms with van der Waals surface area (Å²) >= 11 is 0. The standard InChI is InChI=1S/C21H24N2O5/c1-12(2)9-19(24)22-16-7-5-14(10-13(16)3)20(25)23-17-8-6-15(21(26)27)11-18(17)28-4/h5-8,10-12H,9H2,1-4H3,(H,22,24)(H,23,25)(H,26,27). The summed E-state index contributed by atoms with van der Waals surface area (Å²) in [6.45, 7) is 5.75. The zero-order valence-corrected chi connectivity index (χ0v) is 16.3. The van der Waals surface area contributed by atoms with Crippen LogP contribution in [0.3, 0.4) is 0 Å². The van der Waals surface area contributed by atoms with E-state index in [1.165, 1.54) is 25.3 Å². The minimum Gasteiger partial charge on any atom is -0.495 e. The first-order valence-corrected chi connectivity index (χ1v) is 8.84. The number of nitrogens with one attached hydrogen (secondary N) is 2. The van der Waals surface area contributed by atoms with Gasteiger partial charge in [-0.2, -0.15) is 0 Å². The molecule has 0 fully saturated rings. The minimum atomic E-state index is -1.08. The fraction of sp³-hybridized carbons (Fsp3) is 0.286. The average molecular weight is 384 g/mol. The van der Waals surface area contributed by atoms with Crippen LogP contribution in [0.1, 0.15) is 46.5 Å². The van der Waals surface area contributed by atoms with Crippen molar-refractivity contribution in [1.82, 2.24) is 0 Å².